The fourth-order valence-corrected chi connectivity index (χ4v) is 1.50. The predicted molar refractivity (Wildman–Crippen MR) is 30.8 cm³/mol. The maximum Gasteiger partial charge on any atom is 0.0624 e. The van der Waals surface area contributed by atoms with E-state index in [1.165, 1.54) is 12.8 Å². The van der Waals surface area contributed by atoms with E-state index in [-0.39, 0.29) is 0 Å². The minimum absolute atomic E-state index is 0.598. The number of piperidine rings is 1. The molecule has 0 aliphatic carbocycles. The summed E-state index contributed by atoms with van der Waals surface area (Å²) in [6.45, 7) is 2.11. The SMILES string of the molecule is C1CC2CC(CO2)N1. The van der Waals surface area contributed by atoms with Crippen molar-refractivity contribution < 1.29 is 4.74 Å². The van der Waals surface area contributed by atoms with Crippen LogP contribution in [0.25, 0.3) is 0 Å². The first kappa shape index (κ1) is 4.77. The van der Waals surface area contributed by atoms with Crippen LogP contribution in [0.4, 0.5) is 0 Å². The molecule has 1 N–H and O–H groups in total. The molecule has 2 fully saturated rings. The van der Waals surface area contributed by atoms with Crippen LogP contribution in [0.15, 0.2) is 0 Å². The molecule has 0 radical (unpaired) electrons. The summed E-state index contributed by atoms with van der Waals surface area (Å²) in [6, 6.07) is 0.689. The van der Waals surface area contributed by atoms with Gasteiger partial charge in [0, 0.05) is 6.04 Å². The van der Waals surface area contributed by atoms with Crippen molar-refractivity contribution in [3.8, 4) is 0 Å². The van der Waals surface area contributed by atoms with Crippen LogP contribution in [0.1, 0.15) is 12.8 Å². The summed E-state index contributed by atoms with van der Waals surface area (Å²) in [5.41, 5.74) is 0. The Hall–Kier alpha value is -0.0800. The van der Waals surface area contributed by atoms with E-state index >= 15 is 0 Å². The quantitative estimate of drug-likeness (QED) is 0.482. The van der Waals surface area contributed by atoms with E-state index < -0.39 is 0 Å². The molecule has 0 aromatic rings. The van der Waals surface area contributed by atoms with Gasteiger partial charge in [0.15, 0.2) is 0 Å². The third-order valence-corrected chi connectivity index (χ3v) is 1.98. The van der Waals surface area contributed by atoms with Crippen LogP contribution in [0.2, 0.25) is 0 Å². The van der Waals surface area contributed by atoms with Crippen LogP contribution < -0.4 is 5.32 Å². The van der Waals surface area contributed by atoms with Gasteiger partial charge in [0.2, 0.25) is 0 Å². The molecule has 2 bridgehead atoms. The van der Waals surface area contributed by atoms with Crippen molar-refractivity contribution in [2.45, 2.75) is 25.0 Å². The molecule has 0 spiro atoms. The lowest BCUT2D eigenvalue weighted by atomic mass is 10.1. The molecule has 0 saturated carbocycles. The molecule has 2 rings (SSSR count). The van der Waals surface area contributed by atoms with Gasteiger partial charge in [-0.15, -0.1) is 0 Å². The fraction of sp³-hybridized carbons (Fsp3) is 1.00. The maximum atomic E-state index is 5.41. The van der Waals surface area contributed by atoms with Gasteiger partial charge in [-0.05, 0) is 19.4 Å². The van der Waals surface area contributed by atoms with Gasteiger partial charge in [0.1, 0.15) is 0 Å². The molecule has 2 heterocycles. The lowest BCUT2D eigenvalue weighted by Crippen LogP contribution is -2.34. The van der Waals surface area contributed by atoms with Crippen LogP contribution in [0.3, 0.4) is 0 Å². The van der Waals surface area contributed by atoms with E-state index in [1.807, 2.05) is 0 Å². The summed E-state index contributed by atoms with van der Waals surface area (Å²) in [5, 5.41) is 3.39. The van der Waals surface area contributed by atoms with Gasteiger partial charge >= 0.3 is 0 Å². The molecule has 0 aromatic heterocycles. The summed E-state index contributed by atoms with van der Waals surface area (Å²) in [6.07, 6.45) is 3.07. The number of fused-ring (bicyclic) bond motifs is 2. The Morgan fingerprint density at radius 2 is 2.50 bits per heavy atom. The van der Waals surface area contributed by atoms with E-state index in [2.05, 4.69) is 5.32 Å². The van der Waals surface area contributed by atoms with Crippen molar-refractivity contribution in [1.29, 1.82) is 0 Å². The van der Waals surface area contributed by atoms with Crippen molar-refractivity contribution in [2.24, 2.45) is 0 Å². The van der Waals surface area contributed by atoms with Crippen molar-refractivity contribution >= 4 is 0 Å². The van der Waals surface area contributed by atoms with E-state index in [1.54, 1.807) is 0 Å². The average Bonchev–Trinajstić information content (AvgIpc) is 2.12. The molecule has 2 heteroatoms. The first-order valence-corrected chi connectivity index (χ1v) is 3.30. The second-order valence-electron chi connectivity index (χ2n) is 2.63. The van der Waals surface area contributed by atoms with Gasteiger partial charge in [0.25, 0.3) is 0 Å². The van der Waals surface area contributed by atoms with Gasteiger partial charge in [-0.3, -0.25) is 0 Å². The number of hydrogen-bond donors (Lipinski definition) is 1. The minimum Gasteiger partial charge on any atom is -0.376 e. The molecule has 2 unspecified atom stereocenters. The normalized spacial score (nSPS) is 45.0. The van der Waals surface area contributed by atoms with E-state index in [0.29, 0.717) is 12.1 Å². The first-order valence-electron chi connectivity index (χ1n) is 3.30. The van der Waals surface area contributed by atoms with Crippen molar-refractivity contribution in [1.82, 2.24) is 5.32 Å². The highest BCUT2D eigenvalue weighted by molar-refractivity contribution is 4.83. The molecule has 0 amide bonds. The third kappa shape index (κ3) is 0.644. The van der Waals surface area contributed by atoms with Crippen LogP contribution >= 0.6 is 0 Å². The zero-order valence-electron chi connectivity index (χ0n) is 4.89. The van der Waals surface area contributed by atoms with E-state index in [0.717, 1.165) is 13.2 Å². The highest BCUT2D eigenvalue weighted by atomic mass is 16.5. The topological polar surface area (TPSA) is 21.3 Å². The van der Waals surface area contributed by atoms with Crippen LogP contribution in [0.5, 0.6) is 0 Å². The van der Waals surface area contributed by atoms with Crippen molar-refractivity contribution in [3.05, 3.63) is 0 Å². The summed E-state index contributed by atoms with van der Waals surface area (Å²) >= 11 is 0. The molecule has 2 aliphatic rings. The van der Waals surface area contributed by atoms with Gasteiger partial charge in [-0.1, -0.05) is 0 Å². The number of hydrogen-bond acceptors (Lipinski definition) is 2. The van der Waals surface area contributed by atoms with Gasteiger partial charge in [-0.2, -0.15) is 0 Å². The highest BCUT2D eigenvalue weighted by Crippen LogP contribution is 2.19. The number of ether oxygens (including phenoxy) is 1. The molecule has 2 atom stereocenters. The average molecular weight is 113 g/mol. The molecule has 46 valence electrons. The Morgan fingerprint density at radius 1 is 1.50 bits per heavy atom. The first-order chi connectivity index (χ1) is 3.95. The predicted octanol–water partition coefficient (Wildman–Crippen LogP) is 0.137. The second-order valence-corrected chi connectivity index (χ2v) is 2.63. The Bertz CT molecular complexity index is 80.5. The Morgan fingerprint density at radius 3 is 3.25 bits per heavy atom. The zero-order chi connectivity index (χ0) is 5.40. The molecule has 0 aromatic carbocycles. The minimum atomic E-state index is 0.598. The molecule has 2 aliphatic heterocycles. The van der Waals surface area contributed by atoms with E-state index in [9.17, 15) is 0 Å². The zero-order valence-corrected chi connectivity index (χ0v) is 4.89. The fourth-order valence-electron chi connectivity index (χ4n) is 1.50. The maximum absolute atomic E-state index is 5.41. The van der Waals surface area contributed by atoms with Gasteiger partial charge < -0.3 is 10.1 Å². The molecule has 2 saturated heterocycles. The van der Waals surface area contributed by atoms with Gasteiger partial charge in [-0.25, -0.2) is 0 Å². The van der Waals surface area contributed by atoms with E-state index in [4.69, 9.17) is 4.74 Å². The summed E-state index contributed by atoms with van der Waals surface area (Å²) in [5.74, 6) is 0. The summed E-state index contributed by atoms with van der Waals surface area (Å²) in [7, 11) is 0. The summed E-state index contributed by atoms with van der Waals surface area (Å²) in [4.78, 5) is 0. The molecular formula is C6H11NO. The number of nitrogens with one attached hydrogen (secondary N) is 1. The molecule has 8 heavy (non-hydrogen) atoms. The largest absolute Gasteiger partial charge is 0.376 e. The van der Waals surface area contributed by atoms with Crippen molar-refractivity contribution in [3.63, 3.8) is 0 Å². The van der Waals surface area contributed by atoms with Crippen LogP contribution in [0, 0.1) is 0 Å². The van der Waals surface area contributed by atoms with Crippen LogP contribution in [-0.2, 0) is 4.74 Å². The Labute approximate surface area is 49.2 Å². The van der Waals surface area contributed by atoms with Crippen molar-refractivity contribution in [2.75, 3.05) is 13.2 Å². The molecule has 2 nitrogen and oxygen atoms in total. The van der Waals surface area contributed by atoms with Crippen LogP contribution in [-0.4, -0.2) is 25.3 Å². The van der Waals surface area contributed by atoms with Gasteiger partial charge in [0.05, 0.1) is 12.7 Å². The lowest BCUT2D eigenvalue weighted by Gasteiger charge is -2.16. The molecular weight excluding hydrogens is 102 g/mol. The smallest absolute Gasteiger partial charge is 0.0624 e. The second kappa shape index (κ2) is 1.71. The Balaban J connectivity index is 2.03. The lowest BCUT2D eigenvalue weighted by molar-refractivity contribution is 0.110. The standard InChI is InChI=1S/C6H11NO/c1-2-7-5-3-6(1)8-4-5/h5-7H,1-4H2. The summed E-state index contributed by atoms with van der Waals surface area (Å²) < 4.78 is 5.41. The monoisotopic (exact) mass is 113 g/mol. The Kier molecular flexibility index (Phi) is 1.02. The number of rotatable bonds is 0. The third-order valence-electron chi connectivity index (χ3n) is 1.98. The highest BCUT2D eigenvalue weighted by Gasteiger charge is 2.28.